The molecule has 2 aliphatic rings. The predicted octanol–water partition coefficient (Wildman–Crippen LogP) is 2.39. The summed E-state index contributed by atoms with van der Waals surface area (Å²) >= 11 is 0. The van der Waals surface area contributed by atoms with Crippen LogP contribution < -0.4 is 5.73 Å². The lowest BCUT2D eigenvalue weighted by Crippen LogP contribution is -2.48. The quantitative estimate of drug-likeness (QED) is 0.782. The zero-order valence-corrected chi connectivity index (χ0v) is 12.4. The number of hydrogen-bond donors (Lipinski definition) is 1. The van der Waals surface area contributed by atoms with E-state index in [2.05, 4.69) is 0 Å². The Morgan fingerprint density at radius 3 is 2.58 bits per heavy atom. The van der Waals surface area contributed by atoms with Crippen LogP contribution in [0.25, 0.3) is 0 Å². The molecular formula is C15H27NO3. The normalized spacial score (nSPS) is 28.3. The Morgan fingerprint density at radius 1 is 1.37 bits per heavy atom. The summed E-state index contributed by atoms with van der Waals surface area (Å²) in [6.45, 7) is 6.35. The fraction of sp³-hybridized carbons (Fsp3) is 0.933. The minimum Gasteiger partial charge on any atom is -0.459 e. The van der Waals surface area contributed by atoms with Crippen LogP contribution in [0.5, 0.6) is 0 Å². The van der Waals surface area contributed by atoms with Crippen LogP contribution in [0.4, 0.5) is 0 Å². The SMILES string of the molecule is CC(C)(C)OC(=O)C(N)C1CCOC2(CCCC2)C1. The highest BCUT2D eigenvalue weighted by Crippen LogP contribution is 2.42. The number of ether oxygens (including phenoxy) is 2. The van der Waals surface area contributed by atoms with Crippen molar-refractivity contribution in [3.63, 3.8) is 0 Å². The Bertz CT molecular complexity index is 329. The third-order valence-electron chi connectivity index (χ3n) is 4.23. The first-order chi connectivity index (χ1) is 8.81. The Balaban J connectivity index is 1.95. The molecule has 110 valence electrons. The molecule has 0 radical (unpaired) electrons. The van der Waals surface area contributed by atoms with E-state index >= 15 is 0 Å². The molecule has 2 N–H and O–H groups in total. The Kier molecular flexibility index (Phi) is 4.21. The lowest BCUT2D eigenvalue weighted by molar-refractivity contribution is -0.161. The summed E-state index contributed by atoms with van der Waals surface area (Å²) in [4.78, 5) is 12.1. The van der Waals surface area contributed by atoms with E-state index < -0.39 is 11.6 Å². The molecular weight excluding hydrogens is 242 g/mol. The summed E-state index contributed by atoms with van der Waals surface area (Å²) in [5, 5.41) is 0. The van der Waals surface area contributed by atoms with Crippen LogP contribution in [0, 0.1) is 5.92 Å². The third kappa shape index (κ3) is 3.69. The van der Waals surface area contributed by atoms with Crippen LogP contribution in [-0.2, 0) is 14.3 Å². The maximum absolute atomic E-state index is 12.1. The van der Waals surface area contributed by atoms with Gasteiger partial charge in [-0.1, -0.05) is 12.8 Å². The van der Waals surface area contributed by atoms with Gasteiger partial charge in [-0.25, -0.2) is 0 Å². The highest BCUT2D eigenvalue weighted by atomic mass is 16.6. The number of carbonyl (C=O) groups is 1. The van der Waals surface area contributed by atoms with Gasteiger partial charge in [0.2, 0.25) is 0 Å². The van der Waals surface area contributed by atoms with Crippen LogP contribution in [0.3, 0.4) is 0 Å². The summed E-state index contributed by atoms with van der Waals surface area (Å²) in [5.41, 5.74) is 5.66. The monoisotopic (exact) mass is 269 g/mol. The lowest BCUT2D eigenvalue weighted by Gasteiger charge is -2.40. The number of esters is 1. The van der Waals surface area contributed by atoms with Gasteiger partial charge in [-0.15, -0.1) is 0 Å². The summed E-state index contributed by atoms with van der Waals surface area (Å²) in [6, 6.07) is -0.513. The maximum Gasteiger partial charge on any atom is 0.323 e. The number of hydrogen-bond acceptors (Lipinski definition) is 4. The molecule has 0 amide bonds. The highest BCUT2D eigenvalue weighted by Gasteiger charge is 2.43. The molecule has 1 heterocycles. The van der Waals surface area contributed by atoms with E-state index in [1.807, 2.05) is 20.8 Å². The van der Waals surface area contributed by atoms with E-state index in [0.29, 0.717) is 0 Å². The first-order valence-corrected chi connectivity index (χ1v) is 7.44. The predicted molar refractivity (Wildman–Crippen MR) is 73.7 cm³/mol. The second kappa shape index (κ2) is 5.41. The number of nitrogens with two attached hydrogens (primary N) is 1. The summed E-state index contributed by atoms with van der Waals surface area (Å²) < 4.78 is 11.4. The van der Waals surface area contributed by atoms with Crippen molar-refractivity contribution in [1.82, 2.24) is 0 Å². The van der Waals surface area contributed by atoms with Gasteiger partial charge >= 0.3 is 5.97 Å². The molecule has 2 rings (SSSR count). The van der Waals surface area contributed by atoms with Crippen molar-refractivity contribution in [2.45, 2.75) is 76.5 Å². The molecule has 19 heavy (non-hydrogen) atoms. The largest absolute Gasteiger partial charge is 0.459 e. The van der Waals surface area contributed by atoms with Crippen LogP contribution >= 0.6 is 0 Å². The van der Waals surface area contributed by atoms with Crippen LogP contribution in [-0.4, -0.2) is 29.8 Å². The fourth-order valence-electron chi connectivity index (χ4n) is 3.30. The maximum atomic E-state index is 12.1. The fourth-order valence-corrected chi connectivity index (χ4v) is 3.30. The molecule has 0 aromatic heterocycles. The van der Waals surface area contributed by atoms with Gasteiger partial charge in [0.05, 0.1) is 5.60 Å². The first-order valence-electron chi connectivity index (χ1n) is 7.44. The smallest absolute Gasteiger partial charge is 0.323 e. The van der Waals surface area contributed by atoms with Crippen molar-refractivity contribution >= 4 is 5.97 Å². The minimum atomic E-state index is -0.513. The van der Waals surface area contributed by atoms with Gasteiger partial charge in [0, 0.05) is 6.61 Å². The Hall–Kier alpha value is -0.610. The molecule has 4 heteroatoms. The Morgan fingerprint density at radius 2 is 2.00 bits per heavy atom. The topological polar surface area (TPSA) is 61.5 Å². The van der Waals surface area contributed by atoms with Gasteiger partial charge in [0.25, 0.3) is 0 Å². The van der Waals surface area contributed by atoms with Crippen molar-refractivity contribution in [3.05, 3.63) is 0 Å². The van der Waals surface area contributed by atoms with Crippen molar-refractivity contribution in [1.29, 1.82) is 0 Å². The zero-order chi connectivity index (χ0) is 14.1. The van der Waals surface area contributed by atoms with Crippen LogP contribution in [0.15, 0.2) is 0 Å². The van der Waals surface area contributed by atoms with Crippen molar-refractivity contribution in [2.75, 3.05) is 6.61 Å². The highest BCUT2D eigenvalue weighted by molar-refractivity contribution is 5.76. The van der Waals surface area contributed by atoms with Gasteiger partial charge in [-0.3, -0.25) is 4.79 Å². The molecule has 2 unspecified atom stereocenters. The van der Waals surface area contributed by atoms with Gasteiger partial charge < -0.3 is 15.2 Å². The van der Waals surface area contributed by atoms with E-state index in [0.717, 1.165) is 32.3 Å². The minimum absolute atomic E-state index is 0.00253. The van der Waals surface area contributed by atoms with E-state index in [9.17, 15) is 4.79 Å². The molecule has 0 aromatic carbocycles. The van der Waals surface area contributed by atoms with Gasteiger partial charge in [0.1, 0.15) is 11.6 Å². The molecule has 0 aromatic rings. The summed E-state index contributed by atoms with van der Waals surface area (Å²) in [5.74, 6) is -0.0748. The molecule has 0 bridgehead atoms. The van der Waals surface area contributed by atoms with E-state index in [4.69, 9.17) is 15.2 Å². The van der Waals surface area contributed by atoms with E-state index in [1.54, 1.807) is 0 Å². The molecule has 1 spiro atoms. The third-order valence-corrected chi connectivity index (χ3v) is 4.23. The summed E-state index contributed by atoms with van der Waals surface area (Å²) in [6.07, 6.45) is 6.47. The van der Waals surface area contributed by atoms with E-state index in [1.165, 1.54) is 12.8 Å². The average Bonchev–Trinajstić information content (AvgIpc) is 2.74. The second-order valence-electron chi connectivity index (χ2n) is 7.05. The summed E-state index contributed by atoms with van der Waals surface area (Å²) in [7, 11) is 0. The number of rotatable bonds is 2. The standard InChI is InChI=1S/C15H27NO3/c1-14(2,3)19-13(17)12(16)11-6-9-18-15(10-11)7-4-5-8-15/h11-12H,4-10,16H2,1-3H3. The molecule has 2 atom stereocenters. The molecule has 1 saturated heterocycles. The Labute approximate surface area is 116 Å². The van der Waals surface area contributed by atoms with Gasteiger partial charge in [-0.2, -0.15) is 0 Å². The van der Waals surface area contributed by atoms with E-state index in [-0.39, 0.29) is 17.5 Å². The van der Waals surface area contributed by atoms with Crippen molar-refractivity contribution < 1.29 is 14.3 Å². The second-order valence-corrected chi connectivity index (χ2v) is 7.05. The van der Waals surface area contributed by atoms with Crippen LogP contribution in [0.2, 0.25) is 0 Å². The first kappa shape index (κ1) is 14.8. The average molecular weight is 269 g/mol. The molecule has 4 nitrogen and oxygen atoms in total. The lowest BCUT2D eigenvalue weighted by atomic mass is 9.81. The molecule has 1 aliphatic carbocycles. The van der Waals surface area contributed by atoms with Crippen LogP contribution in [0.1, 0.15) is 59.3 Å². The van der Waals surface area contributed by atoms with Crippen molar-refractivity contribution in [2.24, 2.45) is 11.7 Å². The van der Waals surface area contributed by atoms with Crippen molar-refractivity contribution in [3.8, 4) is 0 Å². The molecule has 1 aliphatic heterocycles. The molecule has 2 fully saturated rings. The number of carbonyl (C=O) groups excluding carboxylic acids is 1. The van der Waals surface area contributed by atoms with Gasteiger partial charge in [0.15, 0.2) is 0 Å². The zero-order valence-electron chi connectivity index (χ0n) is 12.4. The van der Waals surface area contributed by atoms with Gasteiger partial charge in [-0.05, 0) is 52.4 Å². The molecule has 1 saturated carbocycles.